The number of nitrogens with one attached hydrogen (secondary N) is 1. The molecule has 1 aliphatic rings. The van der Waals surface area contributed by atoms with Gasteiger partial charge in [-0.05, 0) is 30.2 Å². The Bertz CT molecular complexity index is 887. The maximum absolute atomic E-state index is 6.42. The van der Waals surface area contributed by atoms with Crippen LogP contribution in [0.25, 0.3) is 10.8 Å². The van der Waals surface area contributed by atoms with E-state index in [1.54, 1.807) is 6.33 Å². The summed E-state index contributed by atoms with van der Waals surface area (Å²) in [5, 5.41) is 5.74. The molecule has 2 aromatic carbocycles. The summed E-state index contributed by atoms with van der Waals surface area (Å²) in [6.45, 7) is 4.27. The van der Waals surface area contributed by atoms with Gasteiger partial charge in [-0.3, -0.25) is 0 Å². The second-order valence-corrected chi connectivity index (χ2v) is 6.80. The number of aromatic nitrogens is 2. The fourth-order valence-corrected chi connectivity index (χ4v) is 3.58. The Labute approximate surface area is 147 Å². The van der Waals surface area contributed by atoms with Gasteiger partial charge in [0.25, 0.3) is 0 Å². The molecule has 2 heterocycles. The molecule has 0 bridgehead atoms. The molecule has 25 heavy (non-hydrogen) atoms. The third kappa shape index (κ3) is 3.09. The van der Waals surface area contributed by atoms with E-state index in [1.165, 1.54) is 18.2 Å². The van der Waals surface area contributed by atoms with Crippen LogP contribution in [0, 0.1) is 5.92 Å². The molecule has 5 nitrogen and oxygen atoms in total. The normalized spacial score (nSPS) is 17.6. The molecule has 128 valence electrons. The van der Waals surface area contributed by atoms with E-state index in [1.807, 2.05) is 24.3 Å². The molecule has 1 fully saturated rings. The standard InChI is InChI=1S/C20H23N5/c1-14-6-5-11-25(12-14)20-18(21)19(22-13-23-20)24-17-10-4-8-15-7-2-3-9-16(15)17/h2-4,7-10,13-14H,5-6,11-12,21H2,1H3,(H,22,23,24). The molecule has 0 spiro atoms. The van der Waals surface area contributed by atoms with Crippen LogP contribution >= 0.6 is 0 Å². The Morgan fingerprint density at radius 2 is 1.96 bits per heavy atom. The first-order valence-corrected chi connectivity index (χ1v) is 8.82. The number of fused-ring (bicyclic) bond motifs is 1. The number of hydrogen-bond donors (Lipinski definition) is 2. The Kier molecular flexibility index (Phi) is 4.14. The van der Waals surface area contributed by atoms with Crippen molar-refractivity contribution in [3.8, 4) is 0 Å². The summed E-state index contributed by atoms with van der Waals surface area (Å²) in [7, 11) is 0. The van der Waals surface area contributed by atoms with Gasteiger partial charge in [0.2, 0.25) is 0 Å². The quantitative estimate of drug-likeness (QED) is 0.752. The number of nitrogens with zero attached hydrogens (tertiary/aromatic N) is 3. The van der Waals surface area contributed by atoms with Crippen LogP contribution in [0.2, 0.25) is 0 Å². The fourth-order valence-electron chi connectivity index (χ4n) is 3.58. The lowest BCUT2D eigenvalue weighted by molar-refractivity contribution is 0.445. The van der Waals surface area contributed by atoms with Gasteiger partial charge in [-0.25, -0.2) is 9.97 Å². The first-order chi connectivity index (χ1) is 12.2. The first-order valence-electron chi connectivity index (χ1n) is 8.82. The number of hydrogen-bond acceptors (Lipinski definition) is 5. The summed E-state index contributed by atoms with van der Waals surface area (Å²) in [6, 6.07) is 14.5. The average molecular weight is 333 g/mol. The van der Waals surface area contributed by atoms with Gasteiger partial charge in [0.15, 0.2) is 11.6 Å². The third-order valence-electron chi connectivity index (χ3n) is 4.86. The van der Waals surface area contributed by atoms with Crippen LogP contribution in [-0.2, 0) is 0 Å². The number of nitrogens with two attached hydrogens (primary N) is 1. The Hall–Kier alpha value is -2.82. The zero-order chi connectivity index (χ0) is 17.2. The minimum absolute atomic E-state index is 0.615. The van der Waals surface area contributed by atoms with Crippen molar-refractivity contribution in [2.45, 2.75) is 19.8 Å². The zero-order valence-electron chi connectivity index (χ0n) is 14.4. The van der Waals surface area contributed by atoms with Crippen molar-refractivity contribution in [3.05, 3.63) is 48.8 Å². The molecule has 4 rings (SSSR count). The highest BCUT2D eigenvalue weighted by atomic mass is 15.2. The van der Waals surface area contributed by atoms with E-state index in [2.05, 4.69) is 45.3 Å². The molecule has 0 aliphatic carbocycles. The minimum atomic E-state index is 0.615. The summed E-state index contributed by atoms with van der Waals surface area (Å²) in [4.78, 5) is 11.1. The SMILES string of the molecule is CC1CCCN(c2ncnc(Nc3cccc4ccccc34)c2N)C1. The summed E-state index contributed by atoms with van der Waals surface area (Å²) in [5.74, 6) is 2.17. The van der Waals surface area contributed by atoms with Crippen LogP contribution in [0.5, 0.6) is 0 Å². The first kappa shape index (κ1) is 15.7. The molecule has 3 N–H and O–H groups in total. The van der Waals surface area contributed by atoms with E-state index in [9.17, 15) is 0 Å². The van der Waals surface area contributed by atoms with Crippen LogP contribution in [0.3, 0.4) is 0 Å². The summed E-state index contributed by atoms with van der Waals surface area (Å²) in [6.07, 6.45) is 4.04. The smallest absolute Gasteiger partial charge is 0.159 e. The molecule has 1 atom stereocenters. The van der Waals surface area contributed by atoms with Crippen molar-refractivity contribution in [1.29, 1.82) is 0 Å². The molecule has 5 heteroatoms. The molecule has 1 aliphatic heterocycles. The van der Waals surface area contributed by atoms with Gasteiger partial charge >= 0.3 is 0 Å². The van der Waals surface area contributed by atoms with Crippen molar-refractivity contribution in [3.63, 3.8) is 0 Å². The number of piperidine rings is 1. The highest BCUT2D eigenvalue weighted by Crippen LogP contribution is 2.33. The Balaban J connectivity index is 1.68. The van der Waals surface area contributed by atoms with Gasteiger partial charge in [0.1, 0.15) is 12.0 Å². The number of rotatable bonds is 3. The molecular formula is C20H23N5. The van der Waals surface area contributed by atoms with Crippen LogP contribution in [0.4, 0.5) is 23.0 Å². The van der Waals surface area contributed by atoms with Gasteiger partial charge in [-0.15, -0.1) is 0 Å². The lowest BCUT2D eigenvalue weighted by Crippen LogP contribution is -2.35. The molecule has 0 saturated carbocycles. The van der Waals surface area contributed by atoms with Gasteiger partial charge in [-0.1, -0.05) is 43.3 Å². The topological polar surface area (TPSA) is 67.1 Å². The molecule has 1 saturated heterocycles. The van der Waals surface area contributed by atoms with Gasteiger partial charge in [0, 0.05) is 24.2 Å². The van der Waals surface area contributed by atoms with Gasteiger partial charge < -0.3 is 16.0 Å². The van der Waals surface area contributed by atoms with Gasteiger partial charge in [-0.2, -0.15) is 0 Å². The Morgan fingerprint density at radius 1 is 1.12 bits per heavy atom. The fraction of sp³-hybridized carbons (Fsp3) is 0.300. The van der Waals surface area contributed by atoms with E-state index in [-0.39, 0.29) is 0 Å². The predicted octanol–water partition coefficient (Wildman–Crippen LogP) is 4.19. The second-order valence-electron chi connectivity index (χ2n) is 6.80. The van der Waals surface area contributed by atoms with Crippen LogP contribution < -0.4 is 16.0 Å². The number of nitrogen functional groups attached to an aromatic ring is 1. The Morgan fingerprint density at radius 3 is 2.84 bits per heavy atom. The monoisotopic (exact) mass is 333 g/mol. The van der Waals surface area contributed by atoms with E-state index < -0.39 is 0 Å². The highest BCUT2D eigenvalue weighted by Gasteiger charge is 2.21. The summed E-state index contributed by atoms with van der Waals surface area (Å²) in [5.41, 5.74) is 8.04. The van der Waals surface area contributed by atoms with Gasteiger partial charge in [0.05, 0.1) is 0 Å². The molecule has 0 amide bonds. The van der Waals surface area contributed by atoms with Crippen molar-refractivity contribution < 1.29 is 0 Å². The highest BCUT2D eigenvalue weighted by molar-refractivity contribution is 5.96. The third-order valence-corrected chi connectivity index (χ3v) is 4.86. The molecule has 1 unspecified atom stereocenters. The number of anilines is 4. The van der Waals surface area contributed by atoms with Crippen molar-refractivity contribution in [1.82, 2.24) is 9.97 Å². The van der Waals surface area contributed by atoms with Crippen molar-refractivity contribution in [2.24, 2.45) is 5.92 Å². The maximum Gasteiger partial charge on any atom is 0.159 e. The molecule has 0 radical (unpaired) electrons. The number of benzene rings is 2. The van der Waals surface area contributed by atoms with E-state index in [0.717, 1.165) is 30.0 Å². The summed E-state index contributed by atoms with van der Waals surface area (Å²) >= 11 is 0. The maximum atomic E-state index is 6.42. The van der Waals surface area contributed by atoms with Crippen molar-refractivity contribution in [2.75, 3.05) is 29.0 Å². The van der Waals surface area contributed by atoms with Crippen LogP contribution in [0.1, 0.15) is 19.8 Å². The zero-order valence-corrected chi connectivity index (χ0v) is 14.4. The lowest BCUT2D eigenvalue weighted by Gasteiger charge is -2.32. The molecular weight excluding hydrogens is 310 g/mol. The lowest BCUT2D eigenvalue weighted by atomic mass is 10.0. The van der Waals surface area contributed by atoms with Crippen LogP contribution in [-0.4, -0.2) is 23.1 Å². The largest absolute Gasteiger partial charge is 0.393 e. The second kappa shape index (κ2) is 6.59. The minimum Gasteiger partial charge on any atom is -0.393 e. The molecule has 1 aromatic heterocycles. The summed E-state index contributed by atoms with van der Waals surface area (Å²) < 4.78 is 0. The van der Waals surface area contributed by atoms with E-state index in [0.29, 0.717) is 17.4 Å². The van der Waals surface area contributed by atoms with E-state index >= 15 is 0 Å². The van der Waals surface area contributed by atoms with Crippen LogP contribution in [0.15, 0.2) is 48.8 Å². The van der Waals surface area contributed by atoms with E-state index in [4.69, 9.17) is 5.73 Å². The van der Waals surface area contributed by atoms with Crippen molar-refractivity contribution >= 4 is 33.8 Å². The predicted molar refractivity (Wildman–Crippen MR) is 104 cm³/mol. The molecule has 3 aromatic rings. The average Bonchev–Trinajstić information content (AvgIpc) is 2.64.